The van der Waals surface area contributed by atoms with Crippen LogP contribution in [0.1, 0.15) is 11.3 Å². The Morgan fingerprint density at radius 1 is 1.22 bits per heavy atom. The Hall–Kier alpha value is -2.41. The van der Waals surface area contributed by atoms with Crippen molar-refractivity contribution in [2.45, 2.75) is 6.92 Å². The first-order valence-corrected chi connectivity index (χ1v) is 5.67. The topological polar surface area (TPSA) is 47.2 Å². The number of rotatable bonds is 1. The van der Waals surface area contributed by atoms with Crippen LogP contribution in [0.3, 0.4) is 0 Å². The van der Waals surface area contributed by atoms with Crippen LogP contribution in [-0.2, 0) is 7.05 Å². The Morgan fingerprint density at radius 3 is 2.72 bits per heavy atom. The smallest absolute Gasteiger partial charge is 0.231 e. The second-order valence-electron chi connectivity index (χ2n) is 4.27. The molecule has 0 saturated carbocycles. The van der Waals surface area contributed by atoms with Crippen LogP contribution in [0.2, 0.25) is 0 Å². The van der Waals surface area contributed by atoms with Crippen LogP contribution < -0.4 is 9.47 Å². The van der Waals surface area contributed by atoms with Crippen molar-refractivity contribution in [3.63, 3.8) is 0 Å². The summed E-state index contributed by atoms with van der Waals surface area (Å²) in [6.45, 7) is 2.21. The summed E-state index contributed by atoms with van der Waals surface area (Å²) in [5.74, 6) is 1.52. The molecule has 0 fully saturated rings. The maximum absolute atomic E-state index is 9.05. The molecule has 0 saturated heterocycles. The van der Waals surface area contributed by atoms with E-state index in [4.69, 9.17) is 14.7 Å². The summed E-state index contributed by atoms with van der Waals surface area (Å²) in [6.07, 6.45) is 0. The standard InChI is InChI=1S/C14H12N2O2/c1-9-11(7-15)5-12(16(9)2)10-3-4-13-14(6-10)18-8-17-13/h3-6H,8H2,1-2H3. The van der Waals surface area contributed by atoms with Gasteiger partial charge in [-0.1, -0.05) is 0 Å². The monoisotopic (exact) mass is 240 g/mol. The van der Waals surface area contributed by atoms with Crippen LogP contribution in [0, 0.1) is 18.3 Å². The molecular weight excluding hydrogens is 228 g/mol. The highest BCUT2D eigenvalue weighted by atomic mass is 16.7. The first kappa shape index (κ1) is 10.7. The number of benzene rings is 1. The number of hydrogen-bond acceptors (Lipinski definition) is 3. The third kappa shape index (κ3) is 1.45. The zero-order valence-electron chi connectivity index (χ0n) is 10.2. The minimum absolute atomic E-state index is 0.272. The fourth-order valence-electron chi connectivity index (χ4n) is 2.15. The Labute approximate surface area is 105 Å². The molecule has 0 N–H and O–H groups in total. The van der Waals surface area contributed by atoms with Crippen molar-refractivity contribution in [1.82, 2.24) is 4.57 Å². The van der Waals surface area contributed by atoms with Gasteiger partial charge in [-0.15, -0.1) is 0 Å². The average Bonchev–Trinajstić information content (AvgIpc) is 2.95. The molecule has 1 aliphatic heterocycles. The van der Waals surface area contributed by atoms with E-state index >= 15 is 0 Å². The van der Waals surface area contributed by atoms with Gasteiger partial charge in [-0.05, 0) is 31.2 Å². The molecule has 3 rings (SSSR count). The van der Waals surface area contributed by atoms with E-state index in [0.29, 0.717) is 5.56 Å². The van der Waals surface area contributed by atoms with Crippen molar-refractivity contribution in [2.75, 3.05) is 6.79 Å². The maximum Gasteiger partial charge on any atom is 0.231 e. The third-order valence-electron chi connectivity index (χ3n) is 3.32. The lowest BCUT2D eigenvalue weighted by Crippen LogP contribution is -1.94. The van der Waals surface area contributed by atoms with Crippen molar-refractivity contribution in [2.24, 2.45) is 7.05 Å². The molecule has 4 heteroatoms. The molecule has 0 atom stereocenters. The van der Waals surface area contributed by atoms with E-state index in [9.17, 15) is 0 Å². The number of ether oxygens (including phenoxy) is 2. The lowest BCUT2D eigenvalue weighted by atomic mass is 10.1. The van der Waals surface area contributed by atoms with Crippen LogP contribution >= 0.6 is 0 Å². The molecule has 0 amide bonds. The summed E-state index contributed by atoms with van der Waals surface area (Å²) in [7, 11) is 1.95. The molecule has 1 aromatic heterocycles. The maximum atomic E-state index is 9.05. The largest absolute Gasteiger partial charge is 0.454 e. The molecule has 4 nitrogen and oxygen atoms in total. The van der Waals surface area contributed by atoms with Gasteiger partial charge in [0.15, 0.2) is 11.5 Å². The molecule has 0 aliphatic carbocycles. The van der Waals surface area contributed by atoms with Crippen LogP contribution in [0.15, 0.2) is 24.3 Å². The average molecular weight is 240 g/mol. The Kier molecular flexibility index (Phi) is 2.27. The van der Waals surface area contributed by atoms with Gasteiger partial charge in [0.2, 0.25) is 6.79 Å². The minimum atomic E-state index is 0.272. The molecular formula is C14H12N2O2. The van der Waals surface area contributed by atoms with Gasteiger partial charge in [0.25, 0.3) is 0 Å². The van der Waals surface area contributed by atoms with E-state index in [-0.39, 0.29) is 6.79 Å². The van der Waals surface area contributed by atoms with E-state index in [1.165, 1.54) is 0 Å². The Morgan fingerprint density at radius 2 is 2.00 bits per heavy atom. The number of nitrogens with zero attached hydrogens (tertiary/aromatic N) is 2. The van der Waals surface area contributed by atoms with Crippen molar-refractivity contribution in [3.8, 4) is 28.8 Å². The number of hydrogen-bond donors (Lipinski definition) is 0. The van der Waals surface area contributed by atoms with E-state index < -0.39 is 0 Å². The van der Waals surface area contributed by atoms with Crippen molar-refractivity contribution in [1.29, 1.82) is 5.26 Å². The zero-order chi connectivity index (χ0) is 12.7. The first-order valence-electron chi connectivity index (χ1n) is 5.67. The van der Waals surface area contributed by atoms with Gasteiger partial charge >= 0.3 is 0 Å². The predicted molar refractivity (Wildman–Crippen MR) is 66.4 cm³/mol. The molecule has 1 aromatic carbocycles. The summed E-state index contributed by atoms with van der Waals surface area (Å²) in [6, 6.07) is 9.91. The predicted octanol–water partition coefficient (Wildman–Crippen LogP) is 2.60. The number of aromatic nitrogens is 1. The second kappa shape index (κ2) is 3.81. The fraction of sp³-hybridized carbons (Fsp3) is 0.214. The van der Waals surface area contributed by atoms with Crippen LogP contribution in [0.5, 0.6) is 11.5 Å². The van der Waals surface area contributed by atoms with Gasteiger partial charge in [-0.2, -0.15) is 5.26 Å². The van der Waals surface area contributed by atoms with Gasteiger partial charge in [-0.25, -0.2) is 0 Å². The Bertz CT molecular complexity index is 665. The van der Waals surface area contributed by atoms with Gasteiger partial charge < -0.3 is 14.0 Å². The summed E-state index contributed by atoms with van der Waals surface area (Å²) in [5.41, 5.74) is 3.68. The van der Waals surface area contributed by atoms with Gasteiger partial charge in [0.1, 0.15) is 6.07 Å². The normalized spacial score (nSPS) is 12.5. The highest BCUT2D eigenvalue weighted by Crippen LogP contribution is 2.36. The lowest BCUT2D eigenvalue weighted by molar-refractivity contribution is 0.174. The van der Waals surface area contributed by atoms with E-state index in [1.807, 2.05) is 42.8 Å². The highest BCUT2D eigenvalue weighted by Gasteiger charge is 2.16. The summed E-state index contributed by atoms with van der Waals surface area (Å²) in [4.78, 5) is 0. The van der Waals surface area contributed by atoms with E-state index in [2.05, 4.69) is 6.07 Å². The SMILES string of the molecule is Cc1c(C#N)cc(-c2ccc3c(c2)OCO3)n1C. The molecule has 90 valence electrons. The summed E-state index contributed by atoms with van der Waals surface area (Å²) < 4.78 is 12.7. The molecule has 2 heterocycles. The molecule has 0 radical (unpaired) electrons. The highest BCUT2D eigenvalue weighted by molar-refractivity contribution is 5.67. The molecule has 0 bridgehead atoms. The van der Waals surface area contributed by atoms with Gasteiger partial charge in [-0.3, -0.25) is 0 Å². The molecule has 2 aromatic rings. The Balaban J connectivity index is 2.13. The second-order valence-corrected chi connectivity index (χ2v) is 4.27. The minimum Gasteiger partial charge on any atom is -0.454 e. The van der Waals surface area contributed by atoms with Crippen molar-refractivity contribution < 1.29 is 9.47 Å². The van der Waals surface area contributed by atoms with Gasteiger partial charge in [0, 0.05) is 24.0 Å². The van der Waals surface area contributed by atoms with E-state index in [1.54, 1.807) is 0 Å². The lowest BCUT2D eigenvalue weighted by Gasteiger charge is -2.06. The first-order chi connectivity index (χ1) is 8.70. The molecule has 0 spiro atoms. The molecule has 18 heavy (non-hydrogen) atoms. The third-order valence-corrected chi connectivity index (χ3v) is 3.32. The van der Waals surface area contributed by atoms with Crippen LogP contribution in [0.25, 0.3) is 11.3 Å². The van der Waals surface area contributed by atoms with Crippen LogP contribution in [0.4, 0.5) is 0 Å². The van der Waals surface area contributed by atoms with Gasteiger partial charge in [0.05, 0.1) is 5.56 Å². The number of fused-ring (bicyclic) bond motifs is 1. The van der Waals surface area contributed by atoms with Crippen molar-refractivity contribution in [3.05, 3.63) is 35.5 Å². The molecule has 1 aliphatic rings. The summed E-state index contributed by atoms with van der Waals surface area (Å²) in [5, 5.41) is 9.05. The summed E-state index contributed by atoms with van der Waals surface area (Å²) >= 11 is 0. The van der Waals surface area contributed by atoms with Crippen LogP contribution in [-0.4, -0.2) is 11.4 Å². The quantitative estimate of drug-likeness (QED) is 0.769. The number of nitriles is 1. The van der Waals surface area contributed by atoms with E-state index in [0.717, 1.165) is 28.5 Å². The molecule has 0 unspecified atom stereocenters. The fourth-order valence-corrected chi connectivity index (χ4v) is 2.15. The zero-order valence-corrected chi connectivity index (χ0v) is 10.2. The van der Waals surface area contributed by atoms with Crippen molar-refractivity contribution >= 4 is 0 Å².